The third-order valence-electron chi connectivity index (χ3n) is 5.96. The number of amides is 2. The van der Waals surface area contributed by atoms with Gasteiger partial charge in [-0.25, -0.2) is 0 Å². The van der Waals surface area contributed by atoms with Crippen molar-refractivity contribution in [3.63, 3.8) is 0 Å². The van der Waals surface area contributed by atoms with Crippen molar-refractivity contribution in [3.05, 3.63) is 48.6 Å². The van der Waals surface area contributed by atoms with E-state index in [9.17, 15) is 9.59 Å². The fraction of sp³-hybridized carbons (Fsp3) is 0.655. The number of likely N-dealkylation sites (N-methyl/N-ethyl adjacent to an activating group) is 1. The van der Waals surface area contributed by atoms with Crippen LogP contribution in [0.5, 0.6) is 0 Å². The molecule has 1 saturated heterocycles. The quantitative estimate of drug-likeness (QED) is 0.207. The fourth-order valence-electron chi connectivity index (χ4n) is 3.70. The summed E-state index contributed by atoms with van der Waals surface area (Å²) < 4.78 is 0. The summed E-state index contributed by atoms with van der Waals surface area (Å²) in [5.41, 5.74) is 0. The van der Waals surface area contributed by atoms with Crippen LogP contribution in [0.1, 0.15) is 71.1 Å². The first-order valence-electron chi connectivity index (χ1n) is 13.7. The molecule has 2 amide bonds. The molecule has 1 aliphatic rings. The molecule has 0 aromatic rings. The van der Waals surface area contributed by atoms with Crippen molar-refractivity contribution in [2.45, 2.75) is 71.1 Å². The smallest absolute Gasteiger partial charge is 0.234 e. The highest BCUT2D eigenvalue weighted by molar-refractivity contribution is 5.78. The second-order valence-corrected chi connectivity index (χ2v) is 9.26. The lowest BCUT2D eigenvalue weighted by Gasteiger charge is -2.31. The zero-order chi connectivity index (χ0) is 25.4. The maximum Gasteiger partial charge on any atom is 0.234 e. The second-order valence-electron chi connectivity index (χ2n) is 9.26. The van der Waals surface area contributed by atoms with Gasteiger partial charge in [0.15, 0.2) is 0 Å². The SMILES string of the molecule is CCCCC/C=C\C/C=C\C/C=C\C/C=C\CCCC(=O)NCCNC(=O)CN1CCN(C)CC1. The van der Waals surface area contributed by atoms with Crippen LogP contribution in [-0.2, 0) is 9.59 Å². The third kappa shape index (κ3) is 19.8. The van der Waals surface area contributed by atoms with E-state index >= 15 is 0 Å². The van der Waals surface area contributed by atoms with Crippen LogP contribution in [-0.4, -0.2) is 74.5 Å². The van der Waals surface area contributed by atoms with Crippen molar-refractivity contribution < 1.29 is 9.59 Å². The van der Waals surface area contributed by atoms with Crippen LogP contribution in [0.2, 0.25) is 0 Å². The molecule has 1 fully saturated rings. The van der Waals surface area contributed by atoms with Gasteiger partial charge in [0.05, 0.1) is 6.54 Å². The average Bonchev–Trinajstić information content (AvgIpc) is 2.85. The molecular weight excluding hydrogens is 436 g/mol. The molecule has 0 spiro atoms. The molecule has 1 heterocycles. The Morgan fingerprint density at radius 2 is 1.20 bits per heavy atom. The minimum absolute atomic E-state index is 0.0318. The Kier molecular flexibility index (Phi) is 19.7. The molecule has 0 unspecified atom stereocenters. The molecule has 0 radical (unpaired) electrons. The number of hydrogen-bond acceptors (Lipinski definition) is 4. The minimum atomic E-state index is 0.0318. The topological polar surface area (TPSA) is 64.7 Å². The van der Waals surface area contributed by atoms with Gasteiger partial charge in [-0.05, 0) is 52.0 Å². The molecule has 1 aliphatic heterocycles. The fourth-order valence-corrected chi connectivity index (χ4v) is 3.70. The molecule has 0 atom stereocenters. The van der Waals surface area contributed by atoms with E-state index < -0.39 is 0 Å². The number of unbranched alkanes of at least 4 members (excludes halogenated alkanes) is 4. The summed E-state index contributed by atoms with van der Waals surface area (Å²) >= 11 is 0. The number of carbonyl (C=O) groups excluding carboxylic acids is 2. The highest BCUT2D eigenvalue weighted by Gasteiger charge is 2.16. The van der Waals surface area contributed by atoms with Crippen LogP contribution in [0, 0.1) is 0 Å². The Morgan fingerprint density at radius 3 is 1.77 bits per heavy atom. The van der Waals surface area contributed by atoms with Crippen molar-refractivity contribution in [1.82, 2.24) is 20.4 Å². The number of nitrogens with zero attached hydrogens (tertiary/aromatic N) is 2. The van der Waals surface area contributed by atoms with Crippen LogP contribution in [0.25, 0.3) is 0 Å². The van der Waals surface area contributed by atoms with Gasteiger partial charge in [0.25, 0.3) is 0 Å². The molecule has 6 nitrogen and oxygen atoms in total. The van der Waals surface area contributed by atoms with E-state index in [1.54, 1.807) is 0 Å². The van der Waals surface area contributed by atoms with Gasteiger partial charge in [0.1, 0.15) is 0 Å². The van der Waals surface area contributed by atoms with Gasteiger partial charge in [0.2, 0.25) is 11.8 Å². The number of hydrogen-bond donors (Lipinski definition) is 2. The standard InChI is InChI=1S/C29H50N4O2/c1-3-4-5-6-7-8-9-10-11-12-13-14-15-16-17-18-19-20-28(34)30-21-22-31-29(35)27-33-25-23-32(2)24-26-33/h7-8,10-11,13-14,16-17H,3-6,9,12,15,18-27H2,1-2H3,(H,30,34)(H,31,35)/b8-7-,11-10-,14-13-,17-16-. The van der Waals surface area contributed by atoms with Crippen LogP contribution >= 0.6 is 0 Å². The third-order valence-corrected chi connectivity index (χ3v) is 5.96. The molecule has 35 heavy (non-hydrogen) atoms. The van der Waals surface area contributed by atoms with Crippen LogP contribution in [0.3, 0.4) is 0 Å². The number of nitrogens with one attached hydrogen (secondary N) is 2. The number of rotatable bonds is 19. The average molecular weight is 487 g/mol. The summed E-state index contributed by atoms with van der Waals surface area (Å²) in [6, 6.07) is 0. The number of allylic oxidation sites excluding steroid dienone is 8. The first kappa shape index (κ1) is 30.9. The molecule has 0 saturated carbocycles. The molecule has 1 rings (SSSR count). The van der Waals surface area contributed by atoms with Crippen LogP contribution in [0.4, 0.5) is 0 Å². The zero-order valence-electron chi connectivity index (χ0n) is 22.4. The van der Waals surface area contributed by atoms with E-state index in [0.29, 0.717) is 26.1 Å². The lowest BCUT2D eigenvalue weighted by atomic mass is 10.2. The molecule has 0 bridgehead atoms. The van der Waals surface area contributed by atoms with Gasteiger partial charge < -0.3 is 15.5 Å². The van der Waals surface area contributed by atoms with Crippen LogP contribution < -0.4 is 10.6 Å². The monoisotopic (exact) mass is 486 g/mol. The van der Waals surface area contributed by atoms with E-state index in [2.05, 4.69) is 83.0 Å². The van der Waals surface area contributed by atoms with Crippen molar-refractivity contribution >= 4 is 11.8 Å². The highest BCUT2D eigenvalue weighted by Crippen LogP contribution is 2.02. The first-order valence-corrected chi connectivity index (χ1v) is 13.7. The molecular formula is C29H50N4O2. The lowest BCUT2D eigenvalue weighted by molar-refractivity contribution is -0.123. The molecule has 198 valence electrons. The summed E-state index contributed by atoms with van der Waals surface area (Å²) in [5, 5.41) is 5.77. The van der Waals surface area contributed by atoms with Crippen molar-refractivity contribution in [1.29, 1.82) is 0 Å². The summed E-state index contributed by atoms with van der Waals surface area (Å²) in [4.78, 5) is 28.3. The Bertz CT molecular complexity index is 662. The maximum absolute atomic E-state index is 12.0. The summed E-state index contributed by atoms with van der Waals surface area (Å²) in [6.07, 6.45) is 28.0. The molecule has 0 aliphatic carbocycles. The molecule has 0 aromatic carbocycles. The second kappa shape index (κ2) is 22.3. The molecule has 0 aromatic heterocycles. The van der Waals surface area contributed by atoms with Gasteiger partial charge >= 0.3 is 0 Å². The van der Waals surface area contributed by atoms with Gasteiger partial charge in [0, 0.05) is 45.7 Å². The Balaban J connectivity index is 1.91. The minimum Gasteiger partial charge on any atom is -0.354 e. The van der Waals surface area contributed by atoms with E-state index in [0.717, 1.165) is 58.3 Å². The molecule has 2 N–H and O–H groups in total. The van der Waals surface area contributed by atoms with Gasteiger partial charge in [-0.15, -0.1) is 0 Å². The normalized spacial score (nSPS) is 15.7. The van der Waals surface area contributed by atoms with Gasteiger partial charge in [-0.2, -0.15) is 0 Å². The Labute approximate surface area is 214 Å². The van der Waals surface area contributed by atoms with Crippen molar-refractivity contribution in [2.75, 3.05) is 52.9 Å². The largest absolute Gasteiger partial charge is 0.354 e. The summed E-state index contributed by atoms with van der Waals surface area (Å²) in [7, 11) is 2.10. The van der Waals surface area contributed by atoms with E-state index in [1.165, 1.54) is 25.7 Å². The van der Waals surface area contributed by atoms with E-state index in [-0.39, 0.29) is 11.8 Å². The Hall–Kier alpha value is -2.18. The summed E-state index contributed by atoms with van der Waals surface area (Å²) in [6.45, 7) is 7.51. The zero-order valence-corrected chi connectivity index (χ0v) is 22.4. The number of piperazine rings is 1. The molecule has 6 heteroatoms. The van der Waals surface area contributed by atoms with Crippen molar-refractivity contribution in [3.8, 4) is 0 Å². The summed E-state index contributed by atoms with van der Waals surface area (Å²) in [5.74, 6) is 0.0820. The highest BCUT2D eigenvalue weighted by atomic mass is 16.2. The van der Waals surface area contributed by atoms with E-state index in [1.807, 2.05) is 0 Å². The Morgan fingerprint density at radius 1 is 0.686 bits per heavy atom. The van der Waals surface area contributed by atoms with Crippen molar-refractivity contribution in [2.24, 2.45) is 0 Å². The maximum atomic E-state index is 12.0. The van der Waals surface area contributed by atoms with E-state index in [4.69, 9.17) is 0 Å². The predicted molar refractivity (Wildman–Crippen MR) is 148 cm³/mol. The first-order chi connectivity index (χ1) is 17.1. The lowest BCUT2D eigenvalue weighted by Crippen LogP contribution is -2.48. The number of carbonyl (C=O) groups is 2. The van der Waals surface area contributed by atoms with Crippen LogP contribution in [0.15, 0.2) is 48.6 Å². The van der Waals surface area contributed by atoms with Gasteiger partial charge in [-0.1, -0.05) is 68.4 Å². The van der Waals surface area contributed by atoms with Gasteiger partial charge in [-0.3, -0.25) is 14.5 Å². The predicted octanol–water partition coefficient (Wildman–Crippen LogP) is 4.61.